The van der Waals surface area contributed by atoms with Crippen LogP contribution in [0, 0.1) is 12.8 Å². The van der Waals surface area contributed by atoms with E-state index in [1.807, 2.05) is 0 Å². The fraction of sp³-hybridized carbons (Fsp3) is 0.923. The molecule has 0 heterocycles. The van der Waals surface area contributed by atoms with Gasteiger partial charge < -0.3 is 0 Å². The van der Waals surface area contributed by atoms with Crippen LogP contribution in [-0.2, 0) is 0 Å². The quantitative estimate of drug-likeness (QED) is 0.137. The Balaban J connectivity index is 1.81. The van der Waals surface area contributed by atoms with Crippen molar-refractivity contribution in [3.05, 3.63) is 12.8 Å². The molecule has 2 heteroatoms. The first-order chi connectivity index (χ1) is 13.9. The van der Waals surface area contributed by atoms with Crippen LogP contribution in [0.3, 0.4) is 0 Å². The van der Waals surface area contributed by atoms with E-state index in [0.29, 0.717) is 0 Å². The van der Waals surface area contributed by atoms with Crippen LogP contribution < -0.4 is 0 Å². The molecule has 0 nitrogen and oxygen atoms in total. The number of hydrogen-bond acceptors (Lipinski definition) is 0. The summed E-state index contributed by atoms with van der Waals surface area (Å²) in [5.41, 5.74) is 2.14. The molecule has 0 bridgehead atoms. The third-order valence-electron chi connectivity index (χ3n) is 6.90. The summed E-state index contributed by atoms with van der Waals surface area (Å²) in [6.07, 6.45) is 32.2. The van der Waals surface area contributed by atoms with Gasteiger partial charge in [0.1, 0.15) is 0 Å². The zero-order chi connectivity index (χ0) is 20.1. The van der Waals surface area contributed by atoms with E-state index < -0.39 is 0 Å². The van der Waals surface area contributed by atoms with Crippen molar-refractivity contribution in [3.63, 3.8) is 0 Å². The van der Waals surface area contributed by atoms with E-state index in [-0.39, 0.29) is 19.0 Å². The number of hydrogen-bond donors (Lipinski definition) is 0. The second kappa shape index (κ2) is 20.7. The minimum absolute atomic E-state index is 0.184. The van der Waals surface area contributed by atoms with Crippen LogP contribution in [0.25, 0.3) is 0 Å². The molecule has 2 radical (unpaired) electrons. The lowest BCUT2D eigenvalue weighted by atomic mass is 9.99. The van der Waals surface area contributed by atoms with E-state index in [4.69, 9.17) is 0 Å². The summed E-state index contributed by atoms with van der Waals surface area (Å²) in [4.78, 5) is 0. The molecule has 1 aliphatic carbocycles. The standard InChI is InChI=1S/C26H54Si2/c1-3-5-7-9-11-13-15-17-23-27-25-19-21-26(22-20-25)28-24-18-16-14-12-10-8-6-4-2/h19,22,25-26H,3-18,20-21,23-24,27-28H2,1-2H3. The van der Waals surface area contributed by atoms with Gasteiger partial charge in [-0.2, -0.15) is 0 Å². The lowest BCUT2D eigenvalue weighted by molar-refractivity contribution is 0.583. The fourth-order valence-corrected chi connectivity index (χ4v) is 8.88. The Morgan fingerprint density at radius 3 is 1.14 bits per heavy atom. The molecule has 1 fully saturated rings. The molecule has 0 aromatic heterocycles. The van der Waals surface area contributed by atoms with Crippen LogP contribution in [0.2, 0.25) is 23.2 Å². The lowest BCUT2D eigenvalue weighted by Crippen LogP contribution is -2.16. The maximum Gasteiger partial charge on any atom is 0.0235 e. The highest BCUT2D eigenvalue weighted by Gasteiger charge is 2.21. The van der Waals surface area contributed by atoms with E-state index >= 15 is 0 Å². The van der Waals surface area contributed by atoms with Crippen molar-refractivity contribution in [1.29, 1.82) is 0 Å². The highest BCUT2D eigenvalue weighted by Crippen LogP contribution is 2.35. The zero-order valence-corrected chi connectivity index (χ0v) is 22.7. The number of rotatable bonds is 20. The molecule has 0 saturated heterocycles. The van der Waals surface area contributed by atoms with Crippen molar-refractivity contribution in [2.75, 3.05) is 0 Å². The molecule has 0 aromatic carbocycles. The number of unbranched alkanes of at least 4 members (excludes halogenated alkanes) is 14. The van der Waals surface area contributed by atoms with Gasteiger partial charge in [0.15, 0.2) is 0 Å². The first-order valence-electron chi connectivity index (χ1n) is 13.5. The minimum atomic E-state index is 0.184. The van der Waals surface area contributed by atoms with E-state index in [1.165, 1.54) is 103 Å². The average molecular weight is 423 g/mol. The fourth-order valence-electron chi connectivity index (χ4n) is 4.83. The van der Waals surface area contributed by atoms with Crippen molar-refractivity contribution in [1.82, 2.24) is 0 Å². The Hall–Kier alpha value is 0.434. The molecule has 0 spiro atoms. The average Bonchev–Trinajstić information content (AvgIpc) is 2.72. The van der Waals surface area contributed by atoms with Gasteiger partial charge in [0.25, 0.3) is 0 Å². The SMILES string of the molecule is CCCCCCCCCC[SiH2]C1[CH]CC([SiH2]CCCCCCCCCC)[CH]C1. The highest BCUT2D eigenvalue weighted by molar-refractivity contribution is 6.40. The van der Waals surface area contributed by atoms with Gasteiger partial charge in [-0.1, -0.05) is 129 Å². The van der Waals surface area contributed by atoms with Crippen LogP contribution in [0.4, 0.5) is 0 Å². The first kappa shape index (κ1) is 26.5. The van der Waals surface area contributed by atoms with E-state index in [1.54, 1.807) is 24.9 Å². The summed E-state index contributed by atoms with van der Waals surface area (Å²) in [5, 5.41) is 0. The van der Waals surface area contributed by atoms with Crippen molar-refractivity contribution in [3.8, 4) is 0 Å². The van der Waals surface area contributed by atoms with Gasteiger partial charge in [-0.15, -0.1) is 0 Å². The van der Waals surface area contributed by atoms with Gasteiger partial charge in [0.05, 0.1) is 0 Å². The first-order valence-corrected chi connectivity index (χ1v) is 17.2. The predicted molar refractivity (Wildman–Crippen MR) is 137 cm³/mol. The van der Waals surface area contributed by atoms with E-state index in [0.717, 1.165) is 11.1 Å². The molecule has 0 aliphatic heterocycles. The smallest absolute Gasteiger partial charge is 0.0235 e. The summed E-state index contributed by atoms with van der Waals surface area (Å²) < 4.78 is 0. The van der Waals surface area contributed by atoms with Crippen molar-refractivity contribution in [2.24, 2.45) is 0 Å². The van der Waals surface area contributed by atoms with Crippen LogP contribution in [0.1, 0.15) is 129 Å². The predicted octanol–water partition coefficient (Wildman–Crippen LogP) is 8.22. The van der Waals surface area contributed by atoms with E-state index in [9.17, 15) is 0 Å². The molecule has 0 aromatic rings. The normalized spacial score (nSPS) is 20.8. The van der Waals surface area contributed by atoms with Crippen LogP contribution in [0.15, 0.2) is 0 Å². The van der Waals surface area contributed by atoms with Gasteiger partial charge in [-0.3, -0.25) is 0 Å². The molecular weight excluding hydrogens is 368 g/mol. The van der Waals surface area contributed by atoms with Crippen molar-refractivity contribution >= 4 is 19.0 Å². The second-order valence-corrected chi connectivity index (χ2v) is 14.4. The largest absolute Gasteiger partial charge is 0.0654 e. The third kappa shape index (κ3) is 16.3. The van der Waals surface area contributed by atoms with Gasteiger partial charge >= 0.3 is 0 Å². The highest BCUT2D eigenvalue weighted by atomic mass is 28.2. The third-order valence-corrected chi connectivity index (χ3v) is 11.5. The van der Waals surface area contributed by atoms with Gasteiger partial charge in [-0.05, 0) is 36.8 Å². The lowest BCUT2D eigenvalue weighted by Gasteiger charge is -2.27. The molecule has 0 N–H and O–H groups in total. The van der Waals surface area contributed by atoms with E-state index in [2.05, 4.69) is 26.7 Å². The summed E-state index contributed by atoms with van der Waals surface area (Å²) in [6, 6.07) is 3.23. The summed E-state index contributed by atoms with van der Waals surface area (Å²) in [6.45, 7) is 4.62. The van der Waals surface area contributed by atoms with Gasteiger partial charge in [0.2, 0.25) is 0 Å². The molecule has 1 rings (SSSR count). The second-order valence-electron chi connectivity index (χ2n) is 9.70. The zero-order valence-electron chi connectivity index (χ0n) is 19.9. The maximum absolute atomic E-state index is 2.78. The summed E-state index contributed by atoms with van der Waals surface area (Å²) in [5.74, 6) is 0. The molecule has 0 amide bonds. The van der Waals surface area contributed by atoms with Crippen LogP contribution in [-0.4, -0.2) is 19.0 Å². The molecular formula is C26H54Si2. The summed E-state index contributed by atoms with van der Waals surface area (Å²) >= 11 is 0. The monoisotopic (exact) mass is 422 g/mol. The Bertz CT molecular complexity index is 267. The molecule has 166 valence electrons. The van der Waals surface area contributed by atoms with Gasteiger partial charge in [0, 0.05) is 19.0 Å². The minimum Gasteiger partial charge on any atom is -0.0654 e. The summed E-state index contributed by atoms with van der Waals surface area (Å²) in [7, 11) is 0.368. The Labute approximate surface area is 184 Å². The van der Waals surface area contributed by atoms with Crippen molar-refractivity contribution < 1.29 is 0 Å². The molecule has 2 unspecified atom stereocenters. The molecule has 28 heavy (non-hydrogen) atoms. The Morgan fingerprint density at radius 2 is 0.821 bits per heavy atom. The molecule has 1 saturated carbocycles. The Morgan fingerprint density at radius 1 is 0.500 bits per heavy atom. The van der Waals surface area contributed by atoms with Crippen LogP contribution in [0.5, 0.6) is 0 Å². The topological polar surface area (TPSA) is 0 Å². The molecule has 1 aliphatic rings. The molecule has 2 atom stereocenters. The van der Waals surface area contributed by atoms with Crippen LogP contribution >= 0.6 is 0 Å². The Kier molecular flexibility index (Phi) is 19.6. The van der Waals surface area contributed by atoms with Crippen molar-refractivity contribution in [2.45, 2.75) is 153 Å². The van der Waals surface area contributed by atoms with Gasteiger partial charge in [-0.25, -0.2) is 0 Å². The maximum atomic E-state index is 2.78.